The van der Waals surface area contributed by atoms with Gasteiger partial charge in [0.25, 0.3) is 0 Å². The van der Waals surface area contributed by atoms with Gasteiger partial charge in [-0.2, -0.15) is 0 Å². The lowest BCUT2D eigenvalue weighted by Gasteiger charge is -2.10. The summed E-state index contributed by atoms with van der Waals surface area (Å²) in [6.45, 7) is 3.99. The normalized spacial score (nSPS) is 11.9. The van der Waals surface area contributed by atoms with Crippen molar-refractivity contribution in [2.24, 2.45) is 0 Å². The van der Waals surface area contributed by atoms with Gasteiger partial charge in [0.2, 0.25) is 0 Å². The van der Waals surface area contributed by atoms with Crippen molar-refractivity contribution < 1.29 is 4.79 Å². The van der Waals surface area contributed by atoms with Crippen molar-refractivity contribution in [2.75, 3.05) is 6.26 Å². The number of hydrogen-bond donors (Lipinski definition) is 0. The van der Waals surface area contributed by atoms with E-state index >= 15 is 0 Å². The molecule has 0 N–H and O–H groups in total. The highest BCUT2D eigenvalue weighted by molar-refractivity contribution is 8.02. The second kappa shape index (κ2) is 6.53. The van der Waals surface area contributed by atoms with E-state index in [-0.39, 0.29) is 5.78 Å². The topological polar surface area (TPSA) is 30.0 Å². The van der Waals surface area contributed by atoms with Crippen LogP contribution >= 0.6 is 11.8 Å². The monoisotopic (exact) mass is 283 g/mol. The van der Waals surface area contributed by atoms with E-state index in [2.05, 4.69) is 4.98 Å². The Labute approximate surface area is 123 Å². The summed E-state index contributed by atoms with van der Waals surface area (Å²) in [5, 5.41) is 0. The molecule has 0 saturated carbocycles. The molecule has 2 nitrogen and oxygen atoms in total. The van der Waals surface area contributed by atoms with E-state index in [0.29, 0.717) is 0 Å². The second-order valence-corrected chi connectivity index (χ2v) is 5.59. The van der Waals surface area contributed by atoms with Gasteiger partial charge in [-0.1, -0.05) is 29.8 Å². The Balaban J connectivity index is 2.49. The van der Waals surface area contributed by atoms with Gasteiger partial charge in [-0.25, -0.2) is 0 Å². The number of Topliss-reactive ketones (excluding diaryl/α,β-unsaturated/α-hetero) is 1. The fourth-order valence-electron chi connectivity index (χ4n) is 1.96. The molecule has 0 aliphatic carbocycles. The van der Waals surface area contributed by atoms with Crippen LogP contribution in [0, 0.1) is 6.92 Å². The van der Waals surface area contributed by atoms with Crippen LogP contribution in [-0.2, 0) is 0 Å². The molecular weight excluding hydrogens is 266 g/mol. The molecule has 0 unspecified atom stereocenters. The van der Waals surface area contributed by atoms with Gasteiger partial charge in [-0.15, -0.1) is 11.8 Å². The number of hydrogen-bond acceptors (Lipinski definition) is 3. The standard InChI is InChI=1S/C17H17NOS/c1-12-4-6-15(7-5-12)17(19)16(13(2)20-3)14-8-10-18-11-9-14/h4-11H,1-3H3/b16-13+. The smallest absolute Gasteiger partial charge is 0.194 e. The zero-order valence-corrected chi connectivity index (χ0v) is 12.7. The third-order valence-electron chi connectivity index (χ3n) is 3.17. The molecule has 0 saturated heterocycles. The number of thioether (sulfide) groups is 1. The largest absolute Gasteiger partial charge is 0.289 e. The molecule has 0 bridgehead atoms. The van der Waals surface area contributed by atoms with Crippen LogP contribution in [0.4, 0.5) is 0 Å². The number of carbonyl (C=O) groups excluding carboxylic acids is 1. The third-order valence-corrected chi connectivity index (χ3v) is 3.98. The van der Waals surface area contributed by atoms with E-state index < -0.39 is 0 Å². The van der Waals surface area contributed by atoms with Crippen molar-refractivity contribution in [3.63, 3.8) is 0 Å². The highest BCUT2D eigenvalue weighted by Crippen LogP contribution is 2.28. The highest BCUT2D eigenvalue weighted by Gasteiger charge is 2.16. The van der Waals surface area contributed by atoms with Crippen LogP contribution in [0.1, 0.15) is 28.4 Å². The number of pyridine rings is 1. The number of ketones is 1. The van der Waals surface area contributed by atoms with E-state index in [4.69, 9.17) is 0 Å². The van der Waals surface area contributed by atoms with Crippen LogP contribution in [0.2, 0.25) is 0 Å². The van der Waals surface area contributed by atoms with Crippen LogP contribution in [0.15, 0.2) is 53.7 Å². The summed E-state index contributed by atoms with van der Waals surface area (Å²) >= 11 is 1.59. The maximum atomic E-state index is 12.8. The zero-order valence-electron chi connectivity index (χ0n) is 11.9. The lowest BCUT2D eigenvalue weighted by atomic mass is 9.97. The molecule has 0 aliphatic heterocycles. The average molecular weight is 283 g/mol. The van der Waals surface area contributed by atoms with E-state index in [0.717, 1.165) is 27.2 Å². The minimum absolute atomic E-state index is 0.0584. The number of benzene rings is 1. The van der Waals surface area contributed by atoms with Gasteiger partial charge >= 0.3 is 0 Å². The van der Waals surface area contributed by atoms with E-state index in [1.165, 1.54) is 0 Å². The molecule has 1 aromatic heterocycles. The Morgan fingerprint density at radius 3 is 2.15 bits per heavy atom. The minimum Gasteiger partial charge on any atom is -0.289 e. The quantitative estimate of drug-likeness (QED) is 0.616. The number of aromatic nitrogens is 1. The molecule has 2 aromatic rings. The van der Waals surface area contributed by atoms with Crippen LogP contribution in [0.25, 0.3) is 5.57 Å². The number of nitrogens with zero attached hydrogens (tertiary/aromatic N) is 1. The van der Waals surface area contributed by atoms with Gasteiger partial charge in [0.05, 0.1) is 0 Å². The Kier molecular flexibility index (Phi) is 4.74. The predicted molar refractivity (Wildman–Crippen MR) is 85.9 cm³/mol. The average Bonchev–Trinajstić information content (AvgIpc) is 2.49. The van der Waals surface area contributed by atoms with Gasteiger partial charge in [0, 0.05) is 23.5 Å². The Morgan fingerprint density at radius 1 is 1.00 bits per heavy atom. The van der Waals surface area contributed by atoms with Gasteiger partial charge in [-0.05, 0) is 42.7 Å². The highest BCUT2D eigenvalue weighted by atomic mass is 32.2. The van der Waals surface area contributed by atoms with Crippen molar-refractivity contribution >= 4 is 23.1 Å². The molecule has 3 heteroatoms. The third kappa shape index (κ3) is 3.17. The summed E-state index contributed by atoms with van der Waals surface area (Å²) in [6, 6.07) is 11.4. The molecule has 0 aliphatic rings. The minimum atomic E-state index is 0.0584. The van der Waals surface area contributed by atoms with Crippen LogP contribution < -0.4 is 0 Å². The maximum Gasteiger partial charge on any atom is 0.194 e. The van der Waals surface area contributed by atoms with Crippen molar-refractivity contribution in [3.05, 3.63) is 70.4 Å². The number of rotatable bonds is 4. The first-order valence-electron chi connectivity index (χ1n) is 6.40. The van der Waals surface area contributed by atoms with Gasteiger partial charge < -0.3 is 0 Å². The van der Waals surface area contributed by atoms with Crippen LogP contribution in [0.5, 0.6) is 0 Å². The molecule has 0 spiro atoms. The van der Waals surface area contributed by atoms with Gasteiger partial charge in [0.1, 0.15) is 0 Å². The number of carbonyl (C=O) groups is 1. The molecule has 0 radical (unpaired) electrons. The van der Waals surface area contributed by atoms with E-state index in [9.17, 15) is 4.79 Å². The maximum absolute atomic E-state index is 12.8. The van der Waals surface area contributed by atoms with E-state index in [1.807, 2.05) is 56.5 Å². The fourth-order valence-corrected chi connectivity index (χ4v) is 2.38. The van der Waals surface area contributed by atoms with E-state index in [1.54, 1.807) is 24.2 Å². The van der Waals surface area contributed by atoms with Crippen molar-refractivity contribution in [3.8, 4) is 0 Å². The lowest BCUT2D eigenvalue weighted by molar-refractivity contribution is 0.105. The SMILES string of the molecule is CS/C(C)=C(/C(=O)c1ccc(C)cc1)c1ccncc1. The molecule has 1 heterocycles. The molecule has 2 rings (SSSR count). The molecule has 0 fully saturated rings. The number of allylic oxidation sites excluding steroid dienone is 2. The lowest BCUT2D eigenvalue weighted by Crippen LogP contribution is -2.04. The van der Waals surface area contributed by atoms with Gasteiger partial charge in [0.15, 0.2) is 5.78 Å². The predicted octanol–water partition coefficient (Wildman–Crippen LogP) is 4.37. The summed E-state index contributed by atoms with van der Waals surface area (Å²) in [7, 11) is 0. The molecule has 0 amide bonds. The summed E-state index contributed by atoms with van der Waals surface area (Å²) in [6.07, 6.45) is 5.41. The zero-order chi connectivity index (χ0) is 14.5. The molecule has 102 valence electrons. The summed E-state index contributed by atoms with van der Waals surface area (Å²) < 4.78 is 0. The molecule has 1 aromatic carbocycles. The summed E-state index contributed by atoms with van der Waals surface area (Å²) in [5.41, 5.74) is 3.54. The number of aryl methyl sites for hydroxylation is 1. The first-order chi connectivity index (χ1) is 9.63. The van der Waals surface area contributed by atoms with Crippen molar-refractivity contribution in [2.45, 2.75) is 13.8 Å². The Hall–Kier alpha value is -1.87. The first kappa shape index (κ1) is 14.5. The van der Waals surface area contributed by atoms with Crippen LogP contribution in [0.3, 0.4) is 0 Å². The fraction of sp³-hybridized carbons (Fsp3) is 0.176. The summed E-state index contributed by atoms with van der Waals surface area (Å²) in [5.74, 6) is 0.0584. The first-order valence-corrected chi connectivity index (χ1v) is 7.62. The Bertz CT molecular complexity index is 630. The molecular formula is C17H17NOS. The Morgan fingerprint density at radius 2 is 1.60 bits per heavy atom. The molecule has 20 heavy (non-hydrogen) atoms. The molecule has 0 atom stereocenters. The van der Waals surface area contributed by atoms with Crippen molar-refractivity contribution in [1.29, 1.82) is 0 Å². The van der Waals surface area contributed by atoms with Crippen LogP contribution in [-0.4, -0.2) is 17.0 Å². The van der Waals surface area contributed by atoms with Crippen molar-refractivity contribution in [1.82, 2.24) is 4.98 Å². The van der Waals surface area contributed by atoms with Gasteiger partial charge in [-0.3, -0.25) is 9.78 Å². The summed E-state index contributed by atoms with van der Waals surface area (Å²) in [4.78, 5) is 17.8. The second-order valence-electron chi connectivity index (χ2n) is 4.57.